The summed E-state index contributed by atoms with van der Waals surface area (Å²) in [5.74, 6) is -1.50. The van der Waals surface area contributed by atoms with E-state index in [4.69, 9.17) is 4.84 Å². The average molecular weight is 303 g/mol. The third-order valence-corrected chi connectivity index (χ3v) is 2.86. The second-order valence-electron chi connectivity index (χ2n) is 4.44. The predicted octanol–water partition coefficient (Wildman–Crippen LogP) is 0.918. The van der Waals surface area contributed by atoms with E-state index < -0.39 is 17.5 Å². The highest BCUT2D eigenvalue weighted by atomic mass is 16.7. The monoisotopic (exact) mass is 303 g/mol. The van der Waals surface area contributed by atoms with Crippen LogP contribution in [-0.2, 0) is 4.74 Å². The molecule has 0 bridgehead atoms. The zero-order valence-corrected chi connectivity index (χ0v) is 11.9. The van der Waals surface area contributed by atoms with Crippen molar-refractivity contribution in [3.63, 3.8) is 0 Å². The van der Waals surface area contributed by atoms with E-state index in [-0.39, 0.29) is 22.6 Å². The highest BCUT2D eigenvalue weighted by Gasteiger charge is 2.13. The van der Waals surface area contributed by atoms with Crippen molar-refractivity contribution in [1.29, 1.82) is 0 Å². The third kappa shape index (κ3) is 3.14. The number of ether oxygens (including phenoxy) is 1. The second-order valence-corrected chi connectivity index (χ2v) is 4.44. The van der Waals surface area contributed by atoms with E-state index in [1.807, 2.05) is 0 Å². The molecule has 0 aliphatic heterocycles. The Bertz CT molecular complexity index is 776. The second kappa shape index (κ2) is 6.13. The molecular weight excluding hydrogens is 290 g/mol. The summed E-state index contributed by atoms with van der Waals surface area (Å²) in [4.78, 5) is 39.9. The number of aryl methyl sites for hydroxylation is 1. The van der Waals surface area contributed by atoms with Gasteiger partial charge in [-0.1, -0.05) is 0 Å². The summed E-state index contributed by atoms with van der Waals surface area (Å²) in [5, 5.41) is 9.28. The topological polar surface area (TPSA) is 94.8 Å². The largest absolute Gasteiger partial charge is 0.508 e. The predicted molar refractivity (Wildman–Crippen MR) is 75.8 cm³/mol. The quantitative estimate of drug-likeness (QED) is 0.847. The van der Waals surface area contributed by atoms with Crippen LogP contribution in [0.3, 0.4) is 0 Å². The molecular formula is C15H13NO6. The minimum atomic E-state index is -0.771. The van der Waals surface area contributed by atoms with Gasteiger partial charge >= 0.3 is 11.9 Å². The number of carbonyl (C=O) groups excluding carboxylic acids is 2. The first-order valence-corrected chi connectivity index (χ1v) is 6.26. The molecule has 0 radical (unpaired) electrons. The fourth-order valence-electron chi connectivity index (χ4n) is 1.79. The van der Waals surface area contributed by atoms with Crippen LogP contribution >= 0.6 is 0 Å². The molecule has 0 unspecified atom stereocenters. The summed E-state index contributed by atoms with van der Waals surface area (Å²) in [6.45, 7) is 1.51. The van der Waals surface area contributed by atoms with Crippen molar-refractivity contribution in [3.05, 3.63) is 63.6 Å². The zero-order valence-electron chi connectivity index (χ0n) is 11.9. The van der Waals surface area contributed by atoms with E-state index in [9.17, 15) is 19.5 Å². The number of pyridine rings is 1. The molecule has 0 aliphatic carbocycles. The summed E-state index contributed by atoms with van der Waals surface area (Å²) in [7, 11) is 1.25. The van der Waals surface area contributed by atoms with Crippen LogP contribution in [0, 0.1) is 6.92 Å². The molecule has 0 aliphatic rings. The maximum Gasteiger partial charge on any atom is 0.363 e. The molecule has 7 heteroatoms. The van der Waals surface area contributed by atoms with Gasteiger partial charge in [0.1, 0.15) is 5.75 Å². The number of hydrogen-bond acceptors (Lipinski definition) is 6. The van der Waals surface area contributed by atoms with Crippen LogP contribution in [0.1, 0.15) is 26.4 Å². The van der Waals surface area contributed by atoms with Crippen molar-refractivity contribution in [2.45, 2.75) is 6.92 Å². The van der Waals surface area contributed by atoms with Crippen LogP contribution in [-0.4, -0.2) is 28.9 Å². The Morgan fingerprint density at radius 2 is 1.59 bits per heavy atom. The smallest absolute Gasteiger partial charge is 0.363 e. The lowest BCUT2D eigenvalue weighted by molar-refractivity contribution is 0.0429. The first kappa shape index (κ1) is 15.3. The van der Waals surface area contributed by atoms with Gasteiger partial charge in [0.15, 0.2) is 0 Å². The summed E-state index contributed by atoms with van der Waals surface area (Å²) in [6, 6.07) is 7.81. The first-order valence-electron chi connectivity index (χ1n) is 6.26. The van der Waals surface area contributed by atoms with E-state index >= 15 is 0 Å². The first-order chi connectivity index (χ1) is 10.4. The van der Waals surface area contributed by atoms with Gasteiger partial charge in [0.25, 0.3) is 5.56 Å². The lowest BCUT2D eigenvalue weighted by Gasteiger charge is -2.09. The van der Waals surface area contributed by atoms with Gasteiger partial charge in [-0.05, 0) is 31.2 Å². The summed E-state index contributed by atoms with van der Waals surface area (Å²) in [5.41, 5.74) is 0.0469. The number of aromatic hydroxyl groups is 1. The van der Waals surface area contributed by atoms with Gasteiger partial charge in [0.05, 0.1) is 23.9 Å². The van der Waals surface area contributed by atoms with Crippen LogP contribution < -0.4 is 10.4 Å². The molecule has 7 nitrogen and oxygen atoms in total. The lowest BCUT2D eigenvalue weighted by Crippen LogP contribution is -2.31. The van der Waals surface area contributed by atoms with Crippen molar-refractivity contribution in [2.24, 2.45) is 0 Å². The number of benzene rings is 1. The standard InChI is InChI=1S/C15H13NO6/c1-9-7-12(17)8-13(18)16(9)22-15(20)11-5-3-10(4-6-11)14(19)21-2/h3-8,17H,1-2H3. The maximum absolute atomic E-state index is 12.0. The van der Waals surface area contributed by atoms with Crippen molar-refractivity contribution in [3.8, 4) is 5.75 Å². The van der Waals surface area contributed by atoms with E-state index in [0.717, 1.165) is 10.8 Å². The maximum atomic E-state index is 12.0. The SMILES string of the molecule is COC(=O)c1ccc(C(=O)On2c(C)cc(O)cc2=O)cc1. The number of nitrogens with zero attached hydrogens (tertiary/aromatic N) is 1. The molecule has 0 amide bonds. The van der Waals surface area contributed by atoms with E-state index in [1.165, 1.54) is 44.4 Å². The number of rotatable bonds is 3. The van der Waals surface area contributed by atoms with Crippen molar-refractivity contribution >= 4 is 11.9 Å². The van der Waals surface area contributed by atoms with Crippen molar-refractivity contribution in [2.75, 3.05) is 7.11 Å². The van der Waals surface area contributed by atoms with Gasteiger partial charge < -0.3 is 14.7 Å². The summed E-state index contributed by atoms with van der Waals surface area (Å²) in [6.07, 6.45) is 0. The Morgan fingerprint density at radius 3 is 2.09 bits per heavy atom. The van der Waals surface area contributed by atoms with Gasteiger partial charge in [0, 0.05) is 12.1 Å². The number of methoxy groups -OCH3 is 1. The third-order valence-electron chi connectivity index (χ3n) is 2.86. The van der Waals surface area contributed by atoms with Gasteiger partial charge in [-0.2, -0.15) is 0 Å². The molecule has 2 aromatic rings. The van der Waals surface area contributed by atoms with Crippen LogP contribution in [0.25, 0.3) is 0 Å². The van der Waals surface area contributed by atoms with Crippen LogP contribution in [0.5, 0.6) is 5.75 Å². The molecule has 0 saturated carbocycles. The average Bonchev–Trinajstić information content (AvgIpc) is 2.50. The summed E-state index contributed by atoms with van der Waals surface area (Å²) >= 11 is 0. The minimum absolute atomic E-state index is 0.159. The number of aromatic nitrogens is 1. The molecule has 2 rings (SSSR count). The van der Waals surface area contributed by atoms with Gasteiger partial charge in [0.2, 0.25) is 0 Å². The fourth-order valence-corrected chi connectivity index (χ4v) is 1.79. The Hall–Kier alpha value is -3.09. The molecule has 1 heterocycles. The van der Waals surface area contributed by atoms with Gasteiger partial charge in [-0.15, -0.1) is 4.73 Å². The minimum Gasteiger partial charge on any atom is -0.508 e. The van der Waals surface area contributed by atoms with Crippen LogP contribution in [0.2, 0.25) is 0 Å². The molecule has 1 aromatic carbocycles. The number of esters is 1. The molecule has 114 valence electrons. The Kier molecular flexibility index (Phi) is 4.26. The van der Waals surface area contributed by atoms with Gasteiger partial charge in [-0.25, -0.2) is 9.59 Å². The molecule has 0 fully saturated rings. The van der Waals surface area contributed by atoms with Crippen LogP contribution in [0.4, 0.5) is 0 Å². The molecule has 0 atom stereocenters. The lowest BCUT2D eigenvalue weighted by atomic mass is 10.1. The molecule has 22 heavy (non-hydrogen) atoms. The zero-order chi connectivity index (χ0) is 16.3. The molecule has 0 spiro atoms. The van der Waals surface area contributed by atoms with Gasteiger partial charge in [-0.3, -0.25) is 4.79 Å². The molecule has 1 N–H and O–H groups in total. The normalized spacial score (nSPS) is 10.1. The van der Waals surface area contributed by atoms with Crippen LogP contribution in [0.15, 0.2) is 41.2 Å². The Balaban J connectivity index is 2.23. The van der Waals surface area contributed by atoms with Crippen molar-refractivity contribution in [1.82, 2.24) is 4.73 Å². The fraction of sp³-hybridized carbons (Fsp3) is 0.133. The molecule has 1 aromatic heterocycles. The Labute approximate surface area is 125 Å². The Morgan fingerprint density at radius 1 is 1.05 bits per heavy atom. The highest BCUT2D eigenvalue weighted by molar-refractivity contribution is 5.93. The van der Waals surface area contributed by atoms with E-state index in [2.05, 4.69) is 4.74 Å². The van der Waals surface area contributed by atoms with Crippen molar-refractivity contribution < 1.29 is 24.3 Å². The van der Waals surface area contributed by atoms with E-state index in [1.54, 1.807) is 0 Å². The number of hydrogen-bond donors (Lipinski definition) is 1. The molecule has 0 saturated heterocycles. The van der Waals surface area contributed by atoms with E-state index in [0.29, 0.717) is 0 Å². The number of carbonyl (C=O) groups is 2. The summed E-state index contributed by atoms with van der Waals surface area (Å²) < 4.78 is 5.32. The highest BCUT2D eigenvalue weighted by Crippen LogP contribution is 2.08.